The molecule has 0 unspecified atom stereocenters. The third-order valence-corrected chi connectivity index (χ3v) is 8.87. The summed E-state index contributed by atoms with van der Waals surface area (Å²) in [4.78, 5) is 54.7. The van der Waals surface area contributed by atoms with E-state index in [-0.39, 0.29) is 35.5 Å². The molecule has 12 nitrogen and oxygen atoms in total. The molecule has 0 radical (unpaired) electrons. The van der Waals surface area contributed by atoms with Crippen LogP contribution in [-0.2, 0) is 22.7 Å². The third-order valence-electron chi connectivity index (χ3n) is 8.43. The van der Waals surface area contributed by atoms with E-state index in [1.807, 2.05) is 13.0 Å². The van der Waals surface area contributed by atoms with Crippen molar-refractivity contribution in [3.05, 3.63) is 63.9 Å². The van der Waals surface area contributed by atoms with Gasteiger partial charge >= 0.3 is 0 Å². The molecule has 0 spiro atoms. The number of Topliss-reactive ketones (excluding diaryl/α,β-unsaturated/α-hetero) is 1. The van der Waals surface area contributed by atoms with E-state index in [9.17, 15) is 24.6 Å². The second-order valence-electron chi connectivity index (χ2n) is 11.5. The topological polar surface area (TPSA) is 163 Å². The third kappa shape index (κ3) is 5.21. The summed E-state index contributed by atoms with van der Waals surface area (Å²) in [5.41, 5.74) is 2.77. The highest BCUT2D eigenvalue weighted by Crippen LogP contribution is 2.59. The Balaban J connectivity index is 1.35. The number of aliphatic hydroxyl groups is 2. The predicted molar refractivity (Wildman–Crippen MR) is 160 cm³/mol. The van der Waals surface area contributed by atoms with Gasteiger partial charge in [0.05, 0.1) is 12.1 Å². The van der Waals surface area contributed by atoms with Gasteiger partial charge in [0.25, 0.3) is 0 Å². The van der Waals surface area contributed by atoms with E-state index >= 15 is 0 Å². The Morgan fingerprint density at radius 1 is 1.09 bits per heavy atom. The van der Waals surface area contributed by atoms with Gasteiger partial charge in [0.1, 0.15) is 41.1 Å². The summed E-state index contributed by atoms with van der Waals surface area (Å²) in [7, 11) is 0. The minimum absolute atomic E-state index is 0.0157. The largest absolute Gasteiger partial charge is 0.392 e. The minimum atomic E-state index is -0.774. The number of carbonyl (C=O) groups excluding carboxylic acids is 3. The van der Waals surface area contributed by atoms with E-state index < -0.39 is 25.0 Å². The standard InChI is InChI=1S/C30H30BrN7O5/c1-15-4-5-24(31)34-28(15)35-29(43)21-8-30(3)9-23(30)38(21)25(42)12-37-27-18(13-39)6-17(19-10-32-16(2)33-11-19)7-20(27)26(36-37)22(41)14-40/h4-7,10-11,21,23,39-40H,8-9,12-14H2,1-3H3,(H,34,35,43)/t21-,23+,30-/m0/s1. The SMILES string of the molecule is Cc1ncc(-c2cc(CO)c3c(c2)c(C(=O)CO)nn3CC(=O)N2[C@H](C(=O)Nc3nc(Br)ccc3C)C[C@@]3(C)C[C@@H]23)cn1. The molecule has 1 aromatic carbocycles. The first kappa shape index (κ1) is 29.0. The molecule has 2 aliphatic rings. The number of aliphatic hydroxyl groups excluding tert-OH is 2. The number of amides is 2. The lowest BCUT2D eigenvalue weighted by molar-refractivity contribution is -0.138. The lowest BCUT2D eigenvalue weighted by Crippen LogP contribution is -2.47. The number of halogens is 1. The molecule has 3 aromatic heterocycles. The maximum atomic E-state index is 13.9. The quantitative estimate of drug-likeness (QED) is 0.193. The maximum absolute atomic E-state index is 13.9. The van der Waals surface area contributed by atoms with Crippen LogP contribution in [0.1, 0.15) is 47.2 Å². The van der Waals surface area contributed by atoms with Crippen LogP contribution >= 0.6 is 15.9 Å². The van der Waals surface area contributed by atoms with E-state index in [4.69, 9.17) is 0 Å². The number of benzene rings is 1. The summed E-state index contributed by atoms with van der Waals surface area (Å²) in [5.74, 6) is -0.262. The monoisotopic (exact) mass is 647 g/mol. The van der Waals surface area contributed by atoms with Gasteiger partial charge in [0.15, 0.2) is 0 Å². The first-order valence-electron chi connectivity index (χ1n) is 13.9. The van der Waals surface area contributed by atoms with E-state index in [0.717, 1.165) is 12.0 Å². The maximum Gasteiger partial charge on any atom is 0.248 e. The number of nitrogens with zero attached hydrogens (tertiary/aromatic N) is 6. The molecule has 2 fully saturated rings. The van der Waals surface area contributed by atoms with Gasteiger partial charge in [-0.05, 0) is 77.4 Å². The number of fused-ring (bicyclic) bond motifs is 2. The molecule has 43 heavy (non-hydrogen) atoms. The van der Waals surface area contributed by atoms with Crippen molar-refractivity contribution in [2.24, 2.45) is 5.41 Å². The zero-order valence-corrected chi connectivity index (χ0v) is 25.4. The summed E-state index contributed by atoms with van der Waals surface area (Å²) in [6.07, 6.45) is 4.58. The summed E-state index contributed by atoms with van der Waals surface area (Å²) in [6, 6.07) is 6.28. The number of piperidine rings is 1. The summed E-state index contributed by atoms with van der Waals surface area (Å²) >= 11 is 3.34. The number of anilines is 1. The van der Waals surface area contributed by atoms with Crippen LogP contribution < -0.4 is 5.32 Å². The van der Waals surface area contributed by atoms with Crippen molar-refractivity contribution >= 4 is 50.2 Å². The van der Waals surface area contributed by atoms with Crippen LogP contribution in [0.4, 0.5) is 5.82 Å². The van der Waals surface area contributed by atoms with Crippen LogP contribution in [-0.4, -0.2) is 76.1 Å². The molecule has 4 aromatic rings. The number of nitrogens with one attached hydrogen (secondary N) is 1. The number of pyridine rings is 1. The van der Waals surface area contributed by atoms with Crippen molar-refractivity contribution in [1.82, 2.24) is 29.6 Å². The summed E-state index contributed by atoms with van der Waals surface area (Å²) in [5, 5.41) is 27.7. The average molecular weight is 649 g/mol. The molecule has 2 amide bonds. The van der Waals surface area contributed by atoms with Crippen molar-refractivity contribution in [2.45, 2.75) is 58.8 Å². The number of hydrogen-bond acceptors (Lipinski definition) is 9. The van der Waals surface area contributed by atoms with Gasteiger partial charge in [-0.25, -0.2) is 15.0 Å². The van der Waals surface area contributed by atoms with E-state index in [1.165, 1.54) is 4.68 Å². The van der Waals surface area contributed by atoms with Crippen molar-refractivity contribution in [3.8, 4) is 11.1 Å². The predicted octanol–water partition coefficient (Wildman–Crippen LogP) is 2.95. The molecular formula is C30H30BrN7O5. The van der Waals surface area contributed by atoms with Crippen molar-refractivity contribution in [3.63, 3.8) is 0 Å². The average Bonchev–Trinajstić information content (AvgIpc) is 3.35. The van der Waals surface area contributed by atoms with Crippen LogP contribution in [0.3, 0.4) is 0 Å². The Hall–Kier alpha value is -4.07. The normalized spacial score (nSPS) is 20.7. The van der Waals surface area contributed by atoms with Crippen LogP contribution in [0.25, 0.3) is 22.0 Å². The fraction of sp³-hybridized carbons (Fsp3) is 0.367. The van der Waals surface area contributed by atoms with Crippen LogP contribution in [0, 0.1) is 19.3 Å². The number of likely N-dealkylation sites (tertiary alicyclic amines) is 1. The number of rotatable bonds is 8. The molecule has 3 N–H and O–H groups in total. The highest BCUT2D eigenvalue weighted by molar-refractivity contribution is 9.10. The molecule has 3 atom stereocenters. The van der Waals surface area contributed by atoms with Gasteiger partial charge in [0.2, 0.25) is 17.6 Å². The highest BCUT2D eigenvalue weighted by atomic mass is 79.9. The van der Waals surface area contributed by atoms with Crippen molar-refractivity contribution in [2.75, 3.05) is 11.9 Å². The number of hydrogen-bond donors (Lipinski definition) is 3. The lowest BCUT2D eigenvalue weighted by Gasteiger charge is -2.27. The van der Waals surface area contributed by atoms with Crippen LogP contribution in [0.15, 0.2) is 41.3 Å². The Morgan fingerprint density at radius 3 is 2.53 bits per heavy atom. The van der Waals surface area contributed by atoms with E-state index in [0.29, 0.717) is 50.3 Å². The zero-order chi connectivity index (χ0) is 30.6. The van der Waals surface area contributed by atoms with Gasteiger partial charge in [0, 0.05) is 34.9 Å². The molecule has 222 valence electrons. The highest BCUT2D eigenvalue weighted by Gasteiger charge is 2.64. The molecule has 1 aliphatic heterocycles. The Morgan fingerprint density at radius 2 is 1.84 bits per heavy atom. The van der Waals surface area contributed by atoms with Gasteiger partial charge in [-0.3, -0.25) is 19.1 Å². The van der Waals surface area contributed by atoms with Gasteiger partial charge < -0.3 is 20.4 Å². The van der Waals surface area contributed by atoms with Crippen LogP contribution in [0.5, 0.6) is 0 Å². The Bertz CT molecular complexity index is 1790. The zero-order valence-electron chi connectivity index (χ0n) is 23.8. The van der Waals surface area contributed by atoms with Crippen molar-refractivity contribution in [1.29, 1.82) is 0 Å². The summed E-state index contributed by atoms with van der Waals surface area (Å²) in [6.45, 7) is 4.25. The van der Waals surface area contributed by atoms with Gasteiger partial charge in [-0.15, -0.1) is 0 Å². The smallest absolute Gasteiger partial charge is 0.248 e. The number of ketones is 1. The summed E-state index contributed by atoms with van der Waals surface area (Å²) < 4.78 is 1.97. The molecule has 13 heteroatoms. The van der Waals surface area contributed by atoms with E-state index in [2.05, 4.69) is 48.2 Å². The van der Waals surface area contributed by atoms with Crippen LogP contribution in [0.2, 0.25) is 0 Å². The first-order valence-corrected chi connectivity index (χ1v) is 14.6. The number of aryl methyl sites for hydroxylation is 2. The fourth-order valence-corrected chi connectivity index (χ4v) is 6.34. The molecule has 1 saturated heterocycles. The first-order chi connectivity index (χ1) is 20.5. The van der Waals surface area contributed by atoms with E-state index in [1.54, 1.807) is 42.4 Å². The fourth-order valence-electron chi connectivity index (χ4n) is 6.03. The van der Waals surface area contributed by atoms with Gasteiger partial charge in [-0.1, -0.05) is 13.0 Å². The molecular weight excluding hydrogens is 618 g/mol. The number of carbonyl (C=O) groups is 3. The molecule has 6 rings (SSSR count). The molecule has 0 bridgehead atoms. The molecule has 1 aliphatic carbocycles. The second kappa shape index (κ2) is 10.9. The molecule has 4 heterocycles. The number of aromatic nitrogens is 5. The van der Waals surface area contributed by atoms with Crippen molar-refractivity contribution < 1.29 is 24.6 Å². The Labute approximate surface area is 255 Å². The lowest BCUT2D eigenvalue weighted by atomic mass is 10.0. The van der Waals surface area contributed by atoms with Gasteiger partial charge in [-0.2, -0.15) is 5.10 Å². The Kier molecular flexibility index (Phi) is 7.35. The minimum Gasteiger partial charge on any atom is -0.392 e. The molecule has 1 saturated carbocycles. The second-order valence-corrected chi connectivity index (χ2v) is 12.3.